The zero-order chi connectivity index (χ0) is 19.5. The lowest BCUT2D eigenvalue weighted by atomic mass is 10.1. The van der Waals surface area contributed by atoms with Gasteiger partial charge in [-0.2, -0.15) is 0 Å². The summed E-state index contributed by atoms with van der Waals surface area (Å²) in [6.07, 6.45) is 3.01. The SMILES string of the molecule is CCCOc1ccc(OC(=O)CCC(C)C)c(OC(=O)CCC(C)C)c1. The highest BCUT2D eigenvalue weighted by Gasteiger charge is 2.16. The van der Waals surface area contributed by atoms with Crippen molar-refractivity contribution in [1.29, 1.82) is 0 Å². The third kappa shape index (κ3) is 8.88. The molecular weight excluding hydrogens is 332 g/mol. The smallest absolute Gasteiger partial charge is 0.311 e. The number of carbonyl (C=O) groups excluding carboxylic acids is 2. The summed E-state index contributed by atoms with van der Waals surface area (Å²) in [5, 5.41) is 0. The Hall–Kier alpha value is -2.04. The minimum Gasteiger partial charge on any atom is -0.493 e. The molecule has 146 valence electrons. The molecule has 0 saturated carbocycles. The molecule has 0 spiro atoms. The van der Waals surface area contributed by atoms with E-state index in [0.29, 0.717) is 37.0 Å². The van der Waals surface area contributed by atoms with Crippen LogP contribution in [0, 0.1) is 11.8 Å². The molecule has 26 heavy (non-hydrogen) atoms. The first-order valence-corrected chi connectivity index (χ1v) is 9.50. The van der Waals surface area contributed by atoms with Crippen molar-refractivity contribution >= 4 is 11.9 Å². The lowest BCUT2D eigenvalue weighted by Crippen LogP contribution is -2.13. The number of hydrogen-bond acceptors (Lipinski definition) is 5. The van der Waals surface area contributed by atoms with Crippen molar-refractivity contribution in [2.75, 3.05) is 6.61 Å². The van der Waals surface area contributed by atoms with E-state index in [0.717, 1.165) is 19.3 Å². The third-order valence-electron chi connectivity index (χ3n) is 3.69. The fraction of sp³-hybridized carbons (Fsp3) is 0.619. The first-order valence-electron chi connectivity index (χ1n) is 9.50. The second-order valence-corrected chi connectivity index (χ2v) is 7.27. The second kappa shape index (κ2) is 11.6. The normalized spacial score (nSPS) is 10.9. The van der Waals surface area contributed by atoms with Crippen LogP contribution in [-0.4, -0.2) is 18.5 Å². The summed E-state index contributed by atoms with van der Waals surface area (Å²) in [6, 6.07) is 4.93. The summed E-state index contributed by atoms with van der Waals surface area (Å²) in [5.74, 6) is 1.22. The average Bonchev–Trinajstić information content (AvgIpc) is 2.58. The van der Waals surface area contributed by atoms with Gasteiger partial charge in [0.1, 0.15) is 5.75 Å². The largest absolute Gasteiger partial charge is 0.493 e. The highest BCUT2D eigenvalue weighted by atomic mass is 16.6. The molecule has 0 aromatic heterocycles. The van der Waals surface area contributed by atoms with Crippen LogP contribution in [0.1, 0.15) is 66.7 Å². The molecule has 5 heteroatoms. The lowest BCUT2D eigenvalue weighted by Gasteiger charge is -2.13. The van der Waals surface area contributed by atoms with E-state index >= 15 is 0 Å². The van der Waals surface area contributed by atoms with Gasteiger partial charge in [-0.15, -0.1) is 0 Å². The van der Waals surface area contributed by atoms with E-state index in [1.54, 1.807) is 18.2 Å². The summed E-state index contributed by atoms with van der Waals surface area (Å²) in [5.41, 5.74) is 0. The van der Waals surface area contributed by atoms with Crippen molar-refractivity contribution in [3.63, 3.8) is 0 Å². The van der Waals surface area contributed by atoms with Gasteiger partial charge in [0.15, 0.2) is 11.5 Å². The van der Waals surface area contributed by atoms with E-state index in [1.165, 1.54) is 0 Å². The molecule has 1 aromatic rings. The Morgan fingerprint density at radius 1 is 0.885 bits per heavy atom. The topological polar surface area (TPSA) is 61.8 Å². The fourth-order valence-corrected chi connectivity index (χ4v) is 2.12. The Morgan fingerprint density at radius 3 is 1.92 bits per heavy atom. The maximum atomic E-state index is 12.1. The summed E-state index contributed by atoms with van der Waals surface area (Å²) in [4.78, 5) is 24.1. The van der Waals surface area contributed by atoms with Crippen molar-refractivity contribution in [2.45, 2.75) is 66.7 Å². The van der Waals surface area contributed by atoms with Crippen LogP contribution in [0.3, 0.4) is 0 Å². The van der Waals surface area contributed by atoms with E-state index in [1.807, 2.05) is 6.92 Å². The number of benzene rings is 1. The zero-order valence-electron chi connectivity index (χ0n) is 16.7. The van der Waals surface area contributed by atoms with E-state index in [4.69, 9.17) is 14.2 Å². The predicted octanol–water partition coefficient (Wildman–Crippen LogP) is 5.16. The van der Waals surface area contributed by atoms with Crippen LogP contribution >= 0.6 is 0 Å². The second-order valence-electron chi connectivity index (χ2n) is 7.27. The summed E-state index contributed by atoms with van der Waals surface area (Å²) < 4.78 is 16.4. The number of rotatable bonds is 11. The Balaban J connectivity index is 2.85. The minimum absolute atomic E-state index is 0.227. The molecule has 5 nitrogen and oxygen atoms in total. The van der Waals surface area contributed by atoms with Crippen molar-refractivity contribution in [3.8, 4) is 17.2 Å². The van der Waals surface area contributed by atoms with Crippen LogP contribution in [-0.2, 0) is 9.59 Å². The van der Waals surface area contributed by atoms with Gasteiger partial charge in [0.25, 0.3) is 0 Å². The molecule has 0 aliphatic rings. The van der Waals surface area contributed by atoms with E-state index in [2.05, 4.69) is 27.7 Å². The number of carbonyl (C=O) groups is 2. The molecule has 0 aliphatic heterocycles. The molecule has 0 bridgehead atoms. The number of ether oxygens (including phenoxy) is 3. The maximum absolute atomic E-state index is 12.1. The van der Waals surface area contributed by atoms with Crippen LogP contribution in [0.15, 0.2) is 18.2 Å². The Kier molecular flexibility index (Phi) is 9.78. The summed E-state index contributed by atoms with van der Waals surface area (Å²) >= 11 is 0. The van der Waals surface area contributed by atoms with Crippen molar-refractivity contribution in [3.05, 3.63) is 18.2 Å². The van der Waals surface area contributed by atoms with Crippen molar-refractivity contribution < 1.29 is 23.8 Å². The first kappa shape index (κ1) is 22.0. The van der Waals surface area contributed by atoms with Crippen LogP contribution in [0.4, 0.5) is 0 Å². The lowest BCUT2D eigenvalue weighted by molar-refractivity contribution is -0.137. The highest BCUT2D eigenvalue weighted by Crippen LogP contribution is 2.32. The van der Waals surface area contributed by atoms with Gasteiger partial charge in [0, 0.05) is 18.9 Å². The quantitative estimate of drug-likeness (QED) is 0.401. The summed E-state index contributed by atoms with van der Waals surface area (Å²) in [6.45, 7) is 10.8. The monoisotopic (exact) mass is 364 g/mol. The van der Waals surface area contributed by atoms with Gasteiger partial charge in [0.05, 0.1) is 6.61 Å². The van der Waals surface area contributed by atoms with Gasteiger partial charge in [0.2, 0.25) is 0 Å². The number of esters is 2. The van der Waals surface area contributed by atoms with Gasteiger partial charge >= 0.3 is 11.9 Å². The van der Waals surface area contributed by atoms with Gasteiger partial charge in [-0.1, -0.05) is 34.6 Å². The molecule has 0 atom stereocenters. The number of hydrogen-bond donors (Lipinski definition) is 0. The third-order valence-corrected chi connectivity index (χ3v) is 3.69. The summed E-state index contributed by atoms with van der Waals surface area (Å²) in [7, 11) is 0. The van der Waals surface area contributed by atoms with Gasteiger partial charge < -0.3 is 14.2 Å². The molecule has 0 aliphatic carbocycles. The van der Waals surface area contributed by atoms with Crippen molar-refractivity contribution in [2.24, 2.45) is 11.8 Å². The van der Waals surface area contributed by atoms with Crippen LogP contribution < -0.4 is 14.2 Å². The Morgan fingerprint density at radius 2 is 1.42 bits per heavy atom. The Labute approximate surface area is 157 Å². The molecule has 0 amide bonds. The molecule has 1 rings (SSSR count). The molecule has 0 radical (unpaired) electrons. The molecule has 1 aromatic carbocycles. The highest BCUT2D eigenvalue weighted by molar-refractivity contribution is 5.76. The van der Waals surface area contributed by atoms with E-state index < -0.39 is 0 Å². The molecule has 0 unspecified atom stereocenters. The van der Waals surface area contributed by atoms with Gasteiger partial charge in [-0.05, 0) is 43.2 Å². The van der Waals surface area contributed by atoms with E-state index in [-0.39, 0.29) is 23.4 Å². The average molecular weight is 364 g/mol. The molecular formula is C21H32O5. The van der Waals surface area contributed by atoms with E-state index in [9.17, 15) is 9.59 Å². The van der Waals surface area contributed by atoms with Crippen LogP contribution in [0.2, 0.25) is 0 Å². The van der Waals surface area contributed by atoms with Gasteiger partial charge in [-0.3, -0.25) is 9.59 Å². The van der Waals surface area contributed by atoms with Crippen LogP contribution in [0.5, 0.6) is 17.2 Å². The molecule has 0 fully saturated rings. The molecule has 0 heterocycles. The van der Waals surface area contributed by atoms with Gasteiger partial charge in [-0.25, -0.2) is 0 Å². The predicted molar refractivity (Wildman–Crippen MR) is 102 cm³/mol. The van der Waals surface area contributed by atoms with Crippen molar-refractivity contribution in [1.82, 2.24) is 0 Å². The first-order chi connectivity index (χ1) is 12.3. The molecule has 0 N–H and O–H groups in total. The molecule has 0 saturated heterocycles. The standard InChI is InChI=1S/C21H32O5/c1-6-13-24-17-9-10-18(25-20(22)11-7-15(2)3)19(14-17)26-21(23)12-8-16(4)5/h9-10,14-16H,6-8,11-13H2,1-5H3. The fourth-order valence-electron chi connectivity index (χ4n) is 2.12. The maximum Gasteiger partial charge on any atom is 0.311 e. The Bertz CT molecular complexity index is 578. The minimum atomic E-state index is -0.342. The van der Waals surface area contributed by atoms with Crippen LogP contribution in [0.25, 0.3) is 0 Å². The zero-order valence-corrected chi connectivity index (χ0v) is 16.7.